The predicted octanol–water partition coefficient (Wildman–Crippen LogP) is 6.14. The highest BCUT2D eigenvalue weighted by molar-refractivity contribution is 5.93. The van der Waals surface area contributed by atoms with E-state index >= 15 is 0 Å². The van der Waals surface area contributed by atoms with Crippen molar-refractivity contribution in [3.63, 3.8) is 0 Å². The molecule has 0 saturated carbocycles. The standard InChI is InChI=1S/C20H15F6N3O4/c1-31-15-4-3-12(7-16(28-29-27)18(30)32-2)17(9-15)33-10-11-5-13(19(21,22)23)8-14(6-11)20(24,25)26/h3-9H,10H2,1-2H3. The minimum absolute atomic E-state index is 0.00570. The second-order valence-corrected chi connectivity index (χ2v) is 6.32. The summed E-state index contributed by atoms with van der Waals surface area (Å²) in [4.78, 5) is 14.2. The molecule has 2 rings (SSSR count). The van der Waals surface area contributed by atoms with Crippen molar-refractivity contribution >= 4 is 12.0 Å². The molecule has 7 nitrogen and oxygen atoms in total. The van der Waals surface area contributed by atoms with E-state index < -0.39 is 47.3 Å². The van der Waals surface area contributed by atoms with E-state index in [1.54, 1.807) is 0 Å². The number of carbonyl (C=O) groups is 1. The van der Waals surface area contributed by atoms with Crippen LogP contribution in [0.25, 0.3) is 16.5 Å². The van der Waals surface area contributed by atoms with Crippen molar-refractivity contribution in [1.82, 2.24) is 0 Å². The van der Waals surface area contributed by atoms with Crippen molar-refractivity contribution in [2.75, 3.05) is 14.2 Å². The smallest absolute Gasteiger partial charge is 0.416 e. The largest absolute Gasteiger partial charge is 0.497 e. The summed E-state index contributed by atoms with van der Waals surface area (Å²) in [5.74, 6) is -0.817. The number of carbonyl (C=O) groups excluding carboxylic acids is 1. The third-order valence-corrected chi connectivity index (χ3v) is 4.10. The SMILES string of the molecule is COC(=O)C(=Cc1ccc(OC)cc1OCc1cc(C(F)(F)F)cc(C(F)(F)F)c1)N=[N+]=[N-]. The highest BCUT2D eigenvalue weighted by Crippen LogP contribution is 2.37. The van der Waals surface area contributed by atoms with Crippen molar-refractivity contribution in [1.29, 1.82) is 0 Å². The summed E-state index contributed by atoms with van der Waals surface area (Å²) in [6, 6.07) is 5.17. The fourth-order valence-corrected chi connectivity index (χ4v) is 2.58. The lowest BCUT2D eigenvalue weighted by Crippen LogP contribution is -2.12. The molecule has 0 saturated heterocycles. The Bertz CT molecular complexity index is 1070. The summed E-state index contributed by atoms with van der Waals surface area (Å²) in [5.41, 5.74) is 4.89. The van der Waals surface area contributed by atoms with Gasteiger partial charge < -0.3 is 14.2 Å². The van der Waals surface area contributed by atoms with Crippen LogP contribution in [0.1, 0.15) is 22.3 Å². The normalized spacial score (nSPS) is 12.1. The van der Waals surface area contributed by atoms with Crippen molar-refractivity contribution in [3.05, 3.63) is 74.8 Å². The Labute approximate surface area is 182 Å². The topological polar surface area (TPSA) is 93.5 Å². The molecular weight excluding hydrogens is 460 g/mol. The van der Waals surface area contributed by atoms with Crippen LogP contribution in [0.2, 0.25) is 0 Å². The first-order valence-electron chi connectivity index (χ1n) is 8.83. The fourth-order valence-electron chi connectivity index (χ4n) is 2.58. The van der Waals surface area contributed by atoms with Gasteiger partial charge in [0.25, 0.3) is 0 Å². The van der Waals surface area contributed by atoms with Crippen molar-refractivity contribution < 1.29 is 45.3 Å². The van der Waals surface area contributed by atoms with Crippen LogP contribution in [-0.4, -0.2) is 20.2 Å². The second-order valence-electron chi connectivity index (χ2n) is 6.32. The van der Waals surface area contributed by atoms with E-state index in [4.69, 9.17) is 15.0 Å². The Kier molecular flexibility index (Phi) is 7.83. The molecule has 13 heteroatoms. The molecule has 0 aliphatic rings. The number of hydrogen-bond acceptors (Lipinski definition) is 5. The Morgan fingerprint density at radius 1 is 1.03 bits per heavy atom. The first kappa shape index (κ1) is 25.4. The van der Waals surface area contributed by atoms with Gasteiger partial charge in [0, 0.05) is 16.5 Å². The van der Waals surface area contributed by atoms with Gasteiger partial charge in [-0.1, -0.05) is 5.11 Å². The van der Waals surface area contributed by atoms with Crippen LogP contribution in [0.4, 0.5) is 26.3 Å². The predicted molar refractivity (Wildman–Crippen MR) is 103 cm³/mol. The zero-order chi connectivity index (χ0) is 24.8. The Morgan fingerprint density at radius 2 is 1.64 bits per heavy atom. The Hall–Kier alpha value is -3.86. The molecule has 176 valence electrons. The number of esters is 1. The fraction of sp³-hybridized carbons (Fsp3) is 0.250. The third-order valence-electron chi connectivity index (χ3n) is 4.10. The van der Waals surface area contributed by atoms with Gasteiger partial charge in [0.2, 0.25) is 0 Å². The number of rotatable bonds is 7. The van der Waals surface area contributed by atoms with Gasteiger partial charge in [-0.15, -0.1) is 0 Å². The number of benzene rings is 2. The number of ether oxygens (including phenoxy) is 3. The molecule has 0 bridgehead atoms. The first-order chi connectivity index (χ1) is 15.4. The van der Waals surface area contributed by atoms with Crippen LogP contribution in [0, 0.1) is 0 Å². The minimum atomic E-state index is -5.01. The molecule has 0 N–H and O–H groups in total. The van der Waals surface area contributed by atoms with Crippen LogP contribution < -0.4 is 9.47 Å². The maximum Gasteiger partial charge on any atom is 0.416 e. The summed E-state index contributed by atoms with van der Waals surface area (Å²) in [6.45, 7) is -0.684. The summed E-state index contributed by atoms with van der Waals surface area (Å²) in [6.07, 6.45) is -8.94. The molecule has 0 heterocycles. The monoisotopic (exact) mass is 475 g/mol. The first-order valence-corrected chi connectivity index (χ1v) is 8.83. The molecule has 0 unspecified atom stereocenters. The molecule has 0 spiro atoms. The van der Waals surface area contributed by atoms with Gasteiger partial charge in [-0.25, -0.2) is 4.79 Å². The average Bonchev–Trinajstić information content (AvgIpc) is 2.76. The molecule has 0 aliphatic heterocycles. The summed E-state index contributed by atoms with van der Waals surface area (Å²) in [5, 5.41) is 3.20. The Morgan fingerprint density at radius 3 is 2.12 bits per heavy atom. The zero-order valence-corrected chi connectivity index (χ0v) is 17.0. The van der Waals surface area contributed by atoms with Crippen LogP contribution in [0.15, 0.2) is 47.2 Å². The summed E-state index contributed by atoms with van der Waals surface area (Å²) >= 11 is 0. The van der Waals surface area contributed by atoms with Gasteiger partial charge in [-0.05, 0) is 47.5 Å². The summed E-state index contributed by atoms with van der Waals surface area (Å²) < 4.78 is 93.4. The van der Waals surface area contributed by atoms with Gasteiger partial charge in [-0.3, -0.25) is 0 Å². The van der Waals surface area contributed by atoms with Gasteiger partial charge in [0.1, 0.15) is 23.8 Å². The van der Waals surface area contributed by atoms with Gasteiger partial charge in [0.05, 0.1) is 25.3 Å². The average molecular weight is 475 g/mol. The van der Waals surface area contributed by atoms with Crippen LogP contribution >= 0.6 is 0 Å². The van der Waals surface area contributed by atoms with Gasteiger partial charge in [-0.2, -0.15) is 26.3 Å². The molecule has 0 aromatic heterocycles. The van der Waals surface area contributed by atoms with Gasteiger partial charge >= 0.3 is 18.3 Å². The Balaban J connectivity index is 2.49. The molecule has 2 aromatic rings. The number of azide groups is 1. The lowest BCUT2D eigenvalue weighted by Gasteiger charge is -2.16. The highest BCUT2D eigenvalue weighted by Gasteiger charge is 2.36. The van der Waals surface area contributed by atoms with E-state index in [1.165, 1.54) is 25.3 Å². The molecular formula is C20H15F6N3O4. The van der Waals surface area contributed by atoms with Gasteiger partial charge in [0.15, 0.2) is 0 Å². The maximum atomic E-state index is 13.1. The number of halogens is 6. The van der Waals surface area contributed by atoms with Crippen LogP contribution in [0.5, 0.6) is 11.5 Å². The number of hydrogen-bond donors (Lipinski definition) is 0. The molecule has 33 heavy (non-hydrogen) atoms. The lowest BCUT2D eigenvalue weighted by molar-refractivity contribution is -0.143. The molecule has 0 aliphatic carbocycles. The van der Waals surface area contributed by atoms with Crippen molar-refractivity contribution in [2.45, 2.75) is 19.0 Å². The van der Waals surface area contributed by atoms with E-state index in [0.717, 1.165) is 13.2 Å². The zero-order valence-electron chi connectivity index (χ0n) is 17.0. The van der Waals surface area contributed by atoms with Crippen molar-refractivity contribution in [3.8, 4) is 11.5 Å². The molecule has 0 fully saturated rings. The van der Waals surface area contributed by atoms with E-state index in [1.807, 2.05) is 0 Å². The van der Waals surface area contributed by atoms with E-state index in [2.05, 4.69) is 14.8 Å². The van der Waals surface area contributed by atoms with E-state index in [-0.39, 0.29) is 23.1 Å². The van der Waals surface area contributed by atoms with Crippen LogP contribution in [0.3, 0.4) is 0 Å². The van der Waals surface area contributed by atoms with E-state index in [9.17, 15) is 31.1 Å². The maximum absolute atomic E-state index is 13.1. The highest BCUT2D eigenvalue weighted by atomic mass is 19.4. The third kappa shape index (κ3) is 6.81. The lowest BCUT2D eigenvalue weighted by atomic mass is 10.1. The molecule has 0 atom stereocenters. The number of methoxy groups -OCH3 is 2. The number of nitrogens with zero attached hydrogens (tertiary/aromatic N) is 3. The molecule has 2 aromatic carbocycles. The van der Waals surface area contributed by atoms with Crippen LogP contribution in [-0.2, 0) is 28.5 Å². The van der Waals surface area contributed by atoms with Crippen molar-refractivity contribution in [2.24, 2.45) is 5.11 Å². The quantitative estimate of drug-likeness (QED) is 0.120. The molecule has 0 radical (unpaired) electrons. The minimum Gasteiger partial charge on any atom is -0.497 e. The summed E-state index contributed by atoms with van der Waals surface area (Å²) in [7, 11) is 2.36. The molecule has 0 amide bonds. The second kappa shape index (κ2) is 10.2. The van der Waals surface area contributed by atoms with E-state index in [0.29, 0.717) is 12.1 Å². The number of alkyl halides is 6.